The van der Waals surface area contributed by atoms with Crippen molar-refractivity contribution in [3.8, 4) is 11.5 Å². The largest absolute Gasteiger partial charge is 0.454 e. The standard InChI is InChI=1S/C15H17N3O2S/c1-2-17-12(9-21-15-8-16-5-6-18-15)11-3-4-13-14(7-11)20-10-19-13/h3-8,12,17H,2,9-10H2,1H3. The van der Waals surface area contributed by atoms with E-state index in [1.54, 1.807) is 30.4 Å². The van der Waals surface area contributed by atoms with Crippen molar-refractivity contribution < 1.29 is 9.47 Å². The van der Waals surface area contributed by atoms with Gasteiger partial charge in [0.1, 0.15) is 5.03 Å². The summed E-state index contributed by atoms with van der Waals surface area (Å²) in [7, 11) is 0. The number of nitrogens with one attached hydrogen (secondary N) is 1. The maximum atomic E-state index is 5.45. The molecule has 6 heteroatoms. The average Bonchev–Trinajstić information content (AvgIpc) is 3.00. The quantitative estimate of drug-likeness (QED) is 0.828. The molecule has 3 rings (SSSR count). The zero-order chi connectivity index (χ0) is 14.5. The lowest BCUT2D eigenvalue weighted by Crippen LogP contribution is -2.23. The zero-order valence-corrected chi connectivity index (χ0v) is 12.6. The van der Waals surface area contributed by atoms with Gasteiger partial charge in [0.2, 0.25) is 6.79 Å². The molecule has 21 heavy (non-hydrogen) atoms. The van der Waals surface area contributed by atoms with E-state index >= 15 is 0 Å². The molecule has 0 bridgehead atoms. The first-order valence-electron chi connectivity index (χ1n) is 6.88. The van der Waals surface area contributed by atoms with Crippen LogP contribution in [0, 0.1) is 0 Å². The average molecular weight is 303 g/mol. The molecule has 0 radical (unpaired) electrons. The van der Waals surface area contributed by atoms with Crippen molar-refractivity contribution in [3.05, 3.63) is 42.4 Å². The van der Waals surface area contributed by atoms with Crippen LogP contribution in [0.2, 0.25) is 0 Å². The van der Waals surface area contributed by atoms with Gasteiger partial charge in [-0.05, 0) is 24.2 Å². The number of thioether (sulfide) groups is 1. The summed E-state index contributed by atoms with van der Waals surface area (Å²) < 4.78 is 10.8. The van der Waals surface area contributed by atoms with Crippen molar-refractivity contribution in [2.45, 2.75) is 18.0 Å². The molecule has 0 saturated carbocycles. The maximum Gasteiger partial charge on any atom is 0.231 e. The monoisotopic (exact) mass is 303 g/mol. The third kappa shape index (κ3) is 3.46. The molecule has 1 aliphatic rings. The van der Waals surface area contributed by atoms with Gasteiger partial charge in [0.05, 0.1) is 6.20 Å². The predicted molar refractivity (Wildman–Crippen MR) is 81.7 cm³/mol. The number of hydrogen-bond acceptors (Lipinski definition) is 6. The first-order valence-corrected chi connectivity index (χ1v) is 7.87. The summed E-state index contributed by atoms with van der Waals surface area (Å²) in [6.07, 6.45) is 5.18. The van der Waals surface area contributed by atoms with Crippen molar-refractivity contribution in [1.82, 2.24) is 15.3 Å². The summed E-state index contributed by atoms with van der Waals surface area (Å²) in [5.74, 6) is 2.52. The van der Waals surface area contributed by atoms with E-state index in [4.69, 9.17) is 9.47 Å². The fourth-order valence-corrected chi connectivity index (χ4v) is 3.10. The van der Waals surface area contributed by atoms with Gasteiger partial charge in [-0.15, -0.1) is 11.8 Å². The Hall–Kier alpha value is -1.79. The SMILES string of the molecule is CCNC(CSc1cnccn1)c1ccc2c(c1)OCO2. The maximum absolute atomic E-state index is 5.45. The van der Waals surface area contributed by atoms with Gasteiger partial charge in [-0.2, -0.15) is 0 Å². The summed E-state index contributed by atoms with van der Waals surface area (Å²) in [4.78, 5) is 8.38. The Kier molecular flexibility index (Phi) is 4.57. The van der Waals surface area contributed by atoms with E-state index in [0.29, 0.717) is 6.79 Å². The first kappa shape index (κ1) is 14.2. The molecule has 2 heterocycles. The summed E-state index contributed by atoms with van der Waals surface area (Å²) in [6, 6.07) is 6.33. The van der Waals surface area contributed by atoms with Gasteiger partial charge in [0, 0.05) is 24.2 Å². The Balaban J connectivity index is 1.72. The number of benzene rings is 1. The minimum Gasteiger partial charge on any atom is -0.454 e. The van der Waals surface area contributed by atoms with Crippen molar-refractivity contribution >= 4 is 11.8 Å². The van der Waals surface area contributed by atoms with Gasteiger partial charge < -0.3 is 14.8 Å². The number of fused-ring (bicyclic) bond motifs is 1. The topological polar surface area (TPSA) is 56.3 Å². The van der Waals surface area contributed by atoms with E-state index < -0.39 is 0 Å². The van der Waals surface area contributed by atoms with Crippen LogP contribution in [0.1, 0.15) is 18.5 Å². The highest BCUT2D eigenvalue weighted by Crippen LogP contribution is 2.35. The second-order valence-corrected chi connectivity index (χ2v) is 5.62. The molecule has 1 atom stereocenters. The van der Waals surface area contributed by atoms with Crippen LogP contribution in [0.3, 0.4) is 0 Å². The minimum atomic E-state index is 0.233. The molecule has 1 N–H and O–H groups in total. The van der Waals surface area contributed by atoms with E-state index in [0.717, 1.165) is 28.8 Å². The van der Waals surface area contributed by atoms with Crippen LogP contribution in [0.15, 0.2) is 41.8 Å². The third-order valence-corrected chi connectivity index (χ3v) is 4.19. The molecule has 1 unspecified atom stereocenters. The number of nitrogens with zero attached hydrogens (tertiary/aromatic N) is 2. The molecule has 0 fully saturated rings. The zero-order valence-electron chi connectivity index (χ0n) is 11.8. The van der Waals surface area contributed by atoms with Gasteiger partial charge in [-0.25, -0.2) is 4.98 Å². The highest BCUT2D eigenvalue weighted by atomic mass is 32.2. The summed E-state index contributed by atoms with van der Waals surface area (Å²) >= 11 is 1.69. The Labute approximate surface area is 128 Å². The molecule has 0 saturated heterocycles. The highest BCUT2D eigenvalue weighted by molar-refractivity contribution is 7.99. The lowest BCUT2D eigenvalue weighted by molar-refractivity contribution is 0.174. The lowest BCUT2D eigenvalue weighted by atomic mass is 10.1. The Morgan fingerprint density at radius 1 is 1.29 bits per heavy atom. The molecule has 0 spiro atoms. The van der Waals surface area contributed by atoms with Crippen LogP contribution in [0.5, 0.6) is 11.5 Å². The van der Waals surface area contributed by atoms with Crippen molar-refractivity contribution in [2.75, 3.05) is 19.1 Å². The number of ether oxygens (including phenoxy) is 2. The van der Waals surface area contributed by atoms with E-state index in [2.05, 4.69) is 28.3 Å². The second-order valence-electron chi connectivity index (χ2n) is 4.58. The predicted octanol–water partition coefficient (Wildman–Crippen LogP) is 2.65. The van der Waals surface area contributed by atoms with Crippen LogP contribution in [0.4, 0.5) is 0 Å². The number of hydrogen-bond donors (Lipinski definition) is 1. The molecule has 1 aliphatic heterocycles. The Morgan fingerprint density at radius 3 is 3.00 bits per heavy atom. The van der Waals surface area contributed by atoms with Gasteiger partial charge in [0.25, 0.3) is 0 Å². The molecule has 1 aromatic carbocycles. The summed E-state index contributed by atoms with van der Waals surface area (Å²) in [5, 5.41) is 4.43. The second kappa shape index (κ2) is 6.78. The summed E-state index contributed by atoms with van der Waals surface area (Å²) in [5.41, 5.74) is 1.19. The molecule has 5 nitrogen and oxygen atoms in total. The van der Waals surface area contributed by atoms with E-state index in [9.17, 15) is 0 Å². The van der Waals surface area contributed by atoms with Crippen molar-refractivity contribution in [3.63, 3.8) is 0 Å². The van der Waals surface area contributed by atoms with Crippen LogP contribution in [-0.4, -0.2) is 29.1 Å². The molecule has 0 amide bonds. The third-order valence-electron chi connectivity index (χ3n) is 3.19. The normalized spacial score (nSPS) is 14.1. The molecule has 1 aromatic heterocycles. The van der Waals surface area contributed by atoms with Crippen LogP contribution < -0.4 is 14.8 Å². The number of rotatable bonds is 6. The van der Waals surface area contributed by atoms with E-state index in [1.165, 1.54) is 5.56 Å². The van der Waals surface area contributed by atoms with Gasteiger partial charge in [-0.1, -0.05) is 13.0 Å². The molecule has 2 aromatic rings. The smallest absolute Gasteiger partial charge is 0.231 e. The Morgan fingerprint density at radius 2 is 2.19 bits per heavy atom. The molecular formula is C15H17N3O2S. The highest BCUT2D eigenvalue weighted by Gasteiger charge is 2.17. The van der Waals surface area contributed by atoms with Crippen LogP contribution >= 0.6 is 11.8 Å². The first-order chi connectivity index (χ1) is 10.4. The van der Waals surface area contributed by atoms with Gasteiger partial charge in [-0.3, -0.25) is 4.98 Å². The van der Waals surface area contributed by atoms with E-state index in [-0.39, 0.29) is 6.04 Å². The summed E-state index contributed by atoms with van der Waals surface area (Å²) in [6.45, 7) is 3.31. The Bertz CT molecular complexity index is 595. The van der Waals surface area contributed by atoms with Crippen LogP contribution in [0.25, 0.3) is 0 Å². The van der Waals surface area contributed by atoms with Gasteiger partial charge in [0.15, 0.2) is 11.5 Å². The van der Waals surface area contributed by atoms with Crippen molar-refractivity contribution in [1.29, 1.82) is 0 Å². The lowest BCUT2D eigenvalue weighted by Gasteiger charge is -2.18. The van der Waals surface area contributed by atoms with Crippen LogP contribution in [-0.2, 0) is 0 Å². The molecule has 0 aliphatic carbocycles. The van der Waals surface area contributed by atoms with Crippen molar-refractivity contribution in [2.24, 2.45) is 0 Å². The van der Waals surface area contributed by atoms with E-state index in [1.807, 2.05) is 12.1 Å². The fourth-order valence-electron chi connectivity index (χ4n) is 2.18. The molecule has 110 valence electrons. The minimum absolute atomic E-state index is 0.233. The fraction of sp³-hybridized carbons (Fsp3) is 0.333. The number of aromatic nitrogens is 2. The molecular weight excluding hydrogens is 286 g/mol. The van der Waals surface area contributed by atoms with Gasteiger partial charge >= 0.3 is 0 Å².